The third-order valence-corrected chi connectivity index (χ3v) is 6.74. The van der Waals surface area contributed by atoms with Gasteiger partial charge in [-0.15, -0.1) is 11.3 Å². The molecule has 0 saturated carbocycles. The van der Waals surface area contributed by atoms with Gasteiger partial charge in [0.1, 0.15) is 11.5 Å². The maximum Gasteiger partial charge on any atom is 0.271 e. The minimum absolute atomic E-state index is 0.158. The predicted octanol–water partition coefficient (Wildman–Crippen LogP) is 6.34. The highest BCUT2D eigenvalue weighted by Gasteiger charge is 2.09. The second-order valence-electron chi connectivity index (χ2n) is 8.91. The van der Waals surface area contributed by atoms with Gasteiger partial charge in [0.05, 0.1) is 24.7 Å². The topological polar surface area (TPSA) is 114 Å². The Bertz CT molecular complexity index is 1670. The van der Waals surface area contributed by atoms with Crippen LogP contribution < -0.4 is 25.5 Å². The molecule has 0 aliphatic heterocycles. The number of amides is 2. The maximum atomic E-state index is 12.6. The van der Waals surface area contributed by atoms with Crippen LogP contribution in [0.15, 0.2) is 114 Å². The Morgan fingerprint density at radius 2 is 1.64 bits per heavy atom. The Balaban J connectivity index is 1.08. The van der Waals surface area contributed by atoms with Gasteiger partial charge in [-0.3, -0.25) is 9.59 Å². The minimum atomic E-state index is -0.330. The number of methoxy groups -OCH3 is 1. The highest BCUT2D eigenvalue weighted by Crippen LogP contribution is 2.27. The van der Waals surface area contributed by atoms with Crippen LogP contribution in [0.3, 0.4) is 0 Å². The van der Waals surface area contributed by atoms with Gasteiger partial charge in [-0.25, -0.2) is 10.4 Å². The third kappa shape index (κ3) is 7.58. The standard InChI is InChI=1S/C32H27N5O4S/c1-40-29-10-6-5-9-27(29)35-30(38)20-41-26-17-11-22(12-18-26)19-33-37-31(39)24-15-13-23(14-16-24)28-21-42-32(36-28)34-25-7-3-2-4-8-25/h2-19,21H,20H2,1H3,(H,34,36)(H,35,38)(H,37,39)/b33-19+. The second-order valence-corrected chi connectivity index (χ2v) is 9.77. The third-order valence-electron chi connectivity index (χ3n) is 5.98. The van der Waals surface area contributed by atoms with Crippen molar-refractivity contribution in [3.05, 3.63) is 120 Å². The zero-order valence-corrected chi connectivity index (χ0v) is 23.4. The van der Waals surface area contributed by atoms with E-state index in [2.05, 4.69) is 26.1 Å². The van der Waals surface area contributed by atoms with Crippen LogP contribution in [0.1, 0.15) is 15.9 Å². The lowest BCUT2D eigenvalue weighted by molar-refractivity contribution is -0.118. The van der Waals surface area contributed by atoms with Crippen molar-refractivity contribution in [3.8, 4) is 22.8 Å². The Morgan fingerprint density at radius 1 is 0.905 bits per heavy atom. The van der Waals surface area contributed by atoms with Gasteiger partial charge in [-0.2, -0.15) is 5.10 Å². The van der Waals surface area contributed by atoms with Crippen LogP contribution in [0.5, 0.6) is 11.5 Å². The van der Waals surface area contributed by atoms with Crippen molar-refractivity contribution in [1.82, 2.24) is 10.4 Å². The summed E-state index contributed by atoms with van der Waals surface area (Å²) in [7, 11) is 1.54. The van der Waals surface area contributed by atoms with E-state index in [4.69, 9.17) is 9.47 Å². The van der Waals surface area contributed by atoms with Gasteiger partial charge in [0.25, 0.3) is 11.8 Å². The summed E-state index contributed by atoms with van der Waals surface area (Å²) in [4.78, 5) is 29.4. The van der Waals surface area contributed by atoms with E-state index in [1.165, 1.54) is 17.6 Å². The van der Waals surface area contributed by atoms with Gasteiger partial charge in [0.2, 0.25) is 0 Å². The first-order valence-electron chi connectivity index (χ1n) is 12.9. The van der Waals surface area contributed by atoms with Crippen molar-refractivity contribution in [2.45, 2.75) is 0 Å². The molecule has 0 radical (unpaired) electrons. The largest absolute Gasteiger partial charge is 0.495 e. The van der Waals surface area contributed by atoms with Gasteiger partial charge >= 0.3 is 0 Å². The summed E-state index contributed by atoms with van der Waals surface area (Å²) >= 11 is 1.51. The number of nitrogens with one attached hydrogen (secondary N) is 3. The highest BCUT2D eigenvalue weighted by molar-refractivity contribution is 7.14. The number of thiazole rings is 1. The molecule has 9 nitrogen and oxygen atoms in total. The summed E-state index contributed by atoms with van der Waals surface area (Å²) in [6.45, 7) is -0.158. The van der Waals surface area contributed by atoms with Crippen LogP contribution in [0.25, 0.3) is 11.3 Å². The number of para-hydroxylation sites is 3. The lowest BCUT2D eigenvalue weighted by atomic mass is 10.1. The summed E-state index contributed by atoms with van der Waals surface area (Å²) < 4.78 is 10.8. The van der Waals surface area contributed by atoms with E-state index in [9.17, 15) is 9.59 Å². The molecule has 42 heavy (non-hydrogen) atoms. The number of nitrogens with zero attached hydrogens (tertiary/aromatic N) is 2. The molecule has 0 fully saturated rings. The fourth-order valence-electron chi connectivity index (χ4n) is 3.86. The van der Waals surface area contributed by atoms with Gasteiger partial charge in [-0.1, -0.05) is 42.5 Å². The molecule has 5 aromatic rings. The number of aromatic nitrogens is 1. The van der Waals surface area contributed by atoms with Crippen molar-refractivity contribution in [3.63, 3.8) is 0 Å². The molecular formula is C32H27N5O4S. The van der Waals surface area contributed by atoms with E-state index in [0.29, 0.717) is 22.7 Å². The molecule has 0 atom stereocenters. The number of hydrazone groups is 1. The van der Waals surface area contributed by atoms with Crippen molar-refractivity contribution in [2.24, 2.45) is 5.10 Å². The van der Waals surface area contributed by atoms with Crippen molar-refractivity contribution >= 4 is 45.9 Å². The number of rotatable bonds is 11. The predicted molar refractivity (Wildman–Crippen MR) is 166 cm³/mol. The number of benzene rings is 4. The lowest BCUT2D eigenvalue weighted by Gasteiger charge is -2.10. The van der Waals surface area contributed by atoms with Gasteiger partial charge < -0.3 is 20.1 Å². The highest BCUT2D eigenvalue weighted by atomic mass is 32.1. The zero-order valence-electron chi connectivity index (χ0n) is 22.6. The number of ether oxygens (including phenoxy) is 2. The van der Waals surface area contributed by atoms with Crippen molar-refractivity contribution < 1.29 is 19.1 Å². The SMILES string of the molecule is COc1ccccc1NC(=O)COc1ccc(/C=N/NC(=O)c2ccc(-c3csc(Nc4ccccc4)n3)cc2)cc1. The molecular weight excluding hydrogens is 550 g/mol. The second kappa shape index (κ2) is 13.7. The molecule has 0 aliphatic rings. The number of hydrogen-bond acceptors (Lipinski definition) is 8. The van der Waals surface area contributed by atoms with Crippen LogP contribution >= 0.6 is 11.3 Å². The fraction of sp³-hybridized carbons (Fsp3) is 0.0625. The first kappa shape index (κ1) is 28.1. The molecule has 210 valence electrons. The molecule has 0 bridgehead atoms. The first-order valence-corrected chi connectivity index (χ1v) is 13.8. The summed E-state index contributed by atoms with van der Waals surface area (Å²) in [6.07, 6.45) is 1.53. The quantitative estimate of drug-likeness (QED) is 0.125. The first-order chi connectivity index (χ1) is 20.6. The zero-order chi connectivity index (χ0) is 29.1. The Hall–Kier alpha value is -5.48. The Morgan fingerprint density at radius 3 is 2.40 bits per heavy atom. The van der Waals surface area contributed by atoms with Gasteiger partial charge in [0.15, 0.2) is 11.7 Å². The summed E-state index contributed by atoms with van der Waals surface area (Å²) in [5.41, 5.74) is 7.04. The Kier molecular flexibility index (Phi) is 9.17. The molecule has 0 unspecified atom stereocenters. The number of carbonyl (C=O) groups excluding carboxylic acids is 2. The fourth-order valence-corrected chi connectivity index (χ4v) is 4.60. The molecule has 0 spiro atoms. The number of anilines is 3. The monoisotopic (exact) mass is 577 g/mol. The van der Waals surface area contributed by atoms with Crippen molar-refractivity contribution in [2.75, 3.05) is 24.4 Å². The van der Waals surface area contributed by atoms with E-state index < -0.39 is 0 Å². The lowest BCUT2D eigenvalue weighted by Crippen LogP contribution is -2.20. The molecule has 0 saturated heterocycles. The minimum Gasteiger partial charge on any atom is -0.495 e. The van der Waals surface area contributed by atoms with E-state index in [1.807, 2.05) is 60.0 Å². The molecule has 10 heteroatoms. The van der Waals surface area contributed by atoms with E-state index in [1.54, 1.807) is 55.6 Å². The molecule has 4 aromatic carbocycles. The smallest absolute Gasteiger partial charge is 0.271 e. The van der Waals surface area contributed by atoms with Crippen LogP contribution in [0, 0.1) is 0 Å². The van der Waals surface area contributed by atoms with Gasteiger partial charge in [-0.05, 0) is 66.2 Å². The average molecular weight is 578 g/mol. The summed E-state index contributed by atoms with van der Waals surface area (Å²) in [5.74, 6) is 0.454. The van der Waals surface area contributed by atoms with E-state index in [0.717, 1.165) is 27.6 Å². The van der Waals surface area contributed by atoms with E-state index >= 15 is 0 Å². The summed E-state index contributed by atoms with van der Waals surface area (Å²) in [5, 5.41) is 12.9. The Labute approximate surface area is 246 Å². The summed E-state index contributed by atoms with van der Waals surface area (Å²) in [6, 6.07) is 31.2. The average Bonchev–Trinajstić information content (AvgIpc) is 3.50. The maximum absolute atomic E-state index is 12.6. The molecule has 3 N–H and O–H groups in total. The number of carbonyl (C=O) groups is 2. The van der Waals surface area contributed by atoms with Crippen LogP contribution in [0.4, 0.5) is 16.5 Å². The molecule has 1 aromatic heterocycles. The van der Waals surface area contributed by atoms with Crippen LogP contribution in [-0.2, 0) is 4.79 Å². The van der Waals surface area contributed by atoms with Crippen LogP contribution in [-0.4, -0.2) is 36.7 Å². The van der Waals surface area contributed by atoms with Gasteiger partial charge in [0, 0.05) is 22.2 Å². The molecule has 5 rings (SSSR count). The van der Waals surface area contributed by atoms with Crippen molar-refractivity contribution in [1.29, 1.82) is 0 Å². The normalized spacial score (nSPS) is 10.7. The molecule has 2 amide bonds. The van der Waals surface area contributed by atoms with E-state index in [-0.39, 0.29) is 18.4 Å². The molecule has 0 aliphatic carbocycles. The van der Waals surface area contributed by atoms with Crippen LogP contribution in [0.2, 0.25) is 0 Å². The number of hydrogen-bond donors (Lipinski definition) is 3. The molecule has 1 heterocycles.